The van der Waals surface area contributed by atoms with Gasteiger partial charge in [0.1, 0.15) is 0 Å². The van der Waals surface area contributed by atoms with Crippen molar-refractivity contribution in [3.63, 3.8) is 0 Å². The fraction of sp³-hybridized carbons (Fsp3) is 0.875. The molecule has 1 rings (SSSR count). The van der Waals surface area contributed by atoms with Crippen molar-refractivity contribution in [3.05, 3.63) is 0 Å². The van der Waals surface area contributed by atoms with E-state index in [1.54, 1.807) is 0 Å². The maximum Gasteiger partial charge on any atom is 0.323 e. The normalized spacial score (nSPS) is 20.5. The molecule has 1 aliphatic rings. The Morgan fingerprint density at radius 1 is 1.50 bits per heavy atom. The Kier molecular flexibility index (Phi) is 3.16. The lowest BCUT2D eigenvalue weighted by molar-refractivity contribution is -0.136. The Morgan fingerprint density at radius 2 is 2.00 bits per heavy atom. The summed E-state index contributed by atoms with van der Waals surface area (Å²) in [5, 5.41) is 7.28. The number of sulfonamides is 1. The van der Waals surface area contributed by atoms with Gasteiger partial charge in [0.15, 0.2) is 5.25 Å². The predicted molar refractivity (Wildman–Crippen MR) is 51.4 cm³/mol. The van der Waals surface area contributed by atoms with Crippen molar-refractivity contribution < 1.29 is 18.3 Å². The minimum absolute atomic E-state index is 0.00167. The maximum absolute atomic E-state index is 11.7. The Hall–Kier alpha value is -0.620. The van der Waals surface area contributed by atoms with E-state index in [1.165, 1.54) is 18.3 Å². The number of carbonyl (C=O) groups is 1. The Balaban J connectivity index is 2.78. The average molecular weight is 221 g/mol. The second kappa shape index (κ2) is 3.86. The van der Waals surface area contributed by atoms with Gasteiger partial charge in [-0.25, -0.2) is 12.7 Å². The molecule has 0 heterocycles. The molecule has 0 aromatic heterocycles. The van der Waals surface area contributed by atoms with E-state index in [9.17, 15) is 13.2 Å². The summed E-state index contributed by atoms with van der Waals surface area (Å²) in [6.07, 6.45) is 2.69. The lowest BCUT2D eigenvalue weighted by Crippen LogP contribution is -2.46. The zero-order valence-electron chi connectivity index (χ0n) is 8.30. The summed E-state index contributed by atoms with van der Waals surface area (Å²) in [5.74, 6) is -1.30. The monoisotopic (exact) mass is 221 g/mol. The molecule has 0 amide bonds. The number of hydrogen-bond acceptors (Lipinski definition) is 3. The van der Waals surface area contributed by atoms with Gasteiger partial charge in [0.05, 0.1) is 0 Å². The number of hydrogen-bond donors (Lipinski definition) is 1. The van der Waals surface area contributed by atoms with Gasteiger partial charge in [-0.15, -0.1) is 0 Å². The quantitative estimate of drug-likeness (QED) is 0.739. The van der Waals surface area contributed by atoms with E-state index in [2.05, 4.69) is 0 Å². The van der Waals surface area contributed by atoms with Crippen molar-refractivity contribution in [2.75, 3.05) is 7.05 Å². The fourth-order valence-corrected chi connectivity index (χ4v) is 2.71. The molecule has 0 radical (unpaired) electrons. The first-order valence-corrected chi connectivity index (χ1v) is 6.07. The number of carboxylic acids is 1. The molecule has 0 aromatic carbocycles. The van der Waals surface area contributed by atoms with Crippen LogP contribution in [-0.4, -0.2) is 42.1 Å². The standard InChI is InChI=1S/C8H15NO4S/c1-6(8(10)11)14(12,13)9(2)7-4-3-5-7/h6-7H,3-5H2,1-2H3,(H,10,11). The Morgan fingerprint density at radius 3 is 2.29 bits per heavy atom. The smallest absolute Gasteiger partial charge is 0.323 e. The minimum atomic E-state index is -3.66. The molecule has 0 saturated heterocycles. The van der Waals surface area contributed by atoms with Gasteiger partial charge >= 0.3 is 5.97 Å². The Bertz CT molecular complexity index is 320. The van der Waals surface area contributed by atoms with E-state index in [0.717, 1.165) is 19.3 Å². The van der Waals surface area contributed by atoms with Gasteiger partial charge in [-0.1, -0.05) is 6.42 Å². The molecule has 5 nitrogen and oxygen atoms in total. The van der Waals surface area contributed by atoms with Gasteiger partial charge in [0.25, 0.3) is 0 Å². The Labute approximate surface area is 83.8 Å². The zero-order chi connectivity index (χ0) is 10.9. The first-order valence-electron chi connectivity index (χ1n) is 4.57. The third kappa shape index (κ3) is 1.90. The van der Waals surface area contributed by atoms with Gasteiger partial charge in [0, 0.05) is 13.1 Å². The molecule has 0 aliphatic heterocycles. The van der Waals surface area contributed by atoms with Crippen molar-refractivity contribution in [2.45, 2.75) is 37.5 Å². The van der Waals surface area contributed by atoms with Crippen molar-refractivity contribution in [2.24, 2.45) is 0 Å². The van der Waals surface area contributed by atoms with Gasteiger partial charge < -0.3 is 5.11 Å². The molecule has 1 aliphatic carbocycles. The highest BCUT2D eigenvalue weighted by molar-refractivity contribution is 7.90. The van der Waals surface area contributed by atoms with E-state index in [-0.39, 0.29) is 6.04 Å². The van der Waals surface area contributed by atoms with Gasteiger partial charge in [0.2, 0.25) is 10.0 Å². The summed E-state index contributed by atoms with van der Waals surface area (Å²) in [6.45, 7) is 1.20. The SMILES string of the molecule is CC(C(=O)O)S(=O)(=O)N(C)C1CCC1. The maximum atomic E-state index is 11.7. The highest BCUT2D eigenvalue weighted by atomic mass is 32.2. The molecule has 1 fully saturated rings. The van der Waals surface area contributed by atoms with Crippen molar-refractivity contribution in [3.8, 4) is 0 Å². The van der Waals surface area contributed by atoms with Crippen LogP contribution in [0.4, 0.5) is 0 Å². The summed E-state index contributed by atoms with van der Waals surface area (Å²) >= 11 is 0. The third-order valence-electron chi connectivity index (χ3n) is 2.78. The van der Waals surface area contributed by atoms with Crippen LogP contribution in [0.25, 0.3) is 0 Å². The first-order chi connectivity index (χ1) is 6.37. The first kappa shape index (κ1) is 11.5. The number of carboxylic acid groups (broad SMARTS) is 1. The molecule has 14 heavy (non-hydrogen) atoms. The highest BCUT2D eigenvalue weighted by Crippen LogP contribution is 2.26. The van der Waals surface area contributed by atoms with Crippen LogP contribution >= 0.6 is 0 Å². The second-order valence-electron chi connectivity index (χ2n) is 3.63. The van der Waals surface area contributed by atoms with Crippen molar-refractivity contribution >= 4 is 16.0 Å². The number of aliphatic carboxylic acids is 1. The van der Waals surface area contributed by atoms with Crippen LogP contribution in [0, 0.1) is 0 Å². The zero-order valence-corrected chi connectivity index (χ0v) is 9.12. The summed E-state index contributed by atoms with van der Waals surface area (Å²) < 4.78 is 24.5. The summed E-state index contributed by atoms with van der Waals surface area (Å²) in [5.41, 5.74) is 0. The fourth-order valence-electron chi connectivity index (χ4n) is 1.33. The molecular formula is C8H15NO4S. The number of nitrogens with zero attached hydrogens (tertiary/aromatic N) is 1. The molecule has 1 saturated carbocycles. The van der Waals surface area contributed by atoms with Gasteiger partial charge in [-0.3, -0.25) is 4.79 Å². The second-order valence-corrected chi connectivity index (χ2v) is 5.94. The average Bonchev–Trinajstić information content (AvgIpc) is 1.99. The predicted octanol–water partition coefficient (Wildman–Crippen LogP) is 0.274. The molecule has 1 unspecified atom stereocenters. The summed E-state index contributed by atoms with van der Waals surface area (Å²) in [4.78, 5) is 10.6. The van der Waals surface area contributed by atoms with E-state index in [4.69, 9.17) is 5.11 Å². The van der Waals surface area contributed by atoms with Crippen LogP contribution in [0.15, 0.2) is 0 Å². The molecular weight excluding hydrogens is 206 g/mol. The van der Waals surface area contributed by atoms with E-state index >= 15 is 0 Å². The van der Waals surface area contributed by atoms with Crippen LogP contribution in [0.3, 0.4) is 0 Å². The molecule has 0 bridgehead atoms. The van der Waals surface area contributed by atoms with Gasteiger partial charge in [-0.05, 0) is 19.8 Å². The van der Waals surface area contributed by atoms with Crippen molar-refractivity contribution in [1.29, 1.82) is 0 Å². The van der Waals surface area contributed by atoms with E-state index in [0.29, 0.717) is 0 Å². The summed E-state index contributed by atoms with van der Waals surface area (Å²) in [7, 11) is -2.21. The third-order valence-corrected chi connectivity index (χ3v) is 4.98. The summed E-state index contributed by atoms with van der Waals surface area (Å²) in [6, 6.07) is 0.00167. The molecule has 82 valence electrons. The molecule has 0 spiro atoms. The lowest BCUT2D eigenvalue weighted by Gasteiger charge is -2.34. The molecule has 1 N–H and O–H groups in total. The largest absolute Gasteiger partial charge is 0.480 e. The number of rotatable bonds is 4. The van der Waals surface area contributed by atoms with Crippen LogP contribution in [-0.2, 0) is 14.8 Å². The van der Waals surface area contributed by atoms with Crippen molar-refractivity contribution in [1.82, 2.24) is 4.31 Å². The van der Waals surface area contributed by atoms with Crippen LogP contribution < -0.4 is 0 Å². The molecule has 1 atom stereocenters. The van der Waals surface area contributed by atoms with Crippen LogP contribution in [0.5, 0.6) is 0 Å². The van der Waals surface area contributed by atoms with Gasteiger partial charge in [-0.2, -0.15) is 0 Å². The highest BCUT2D eigenvalue weighted by Gasteiger charge is 2.37. The van der Waals surface area contributed by atoms with E-state index < -0.39 is 21.2 Å². The molecule has 6 heteroatoms. The molecule has 0 aromatic rings. The van der Waals surface area contributed by atoms with E-state index in [1.807, 2.05) is 0 Å². The van der Waals surface area contributed by atoms with Crippen LogP contribution in [0.2, 0.25) is 0 Å². The minimum Gasteiger partial charge on any atom is -0.480 e. The van der Waals surface area contributed by atoms with Crippen LogP contribution in [0.1, 0.15) is 26.2 Å². The lowest BCUT2D eigenvalue weighted by atomic mass is 9.94. The topological polar surface area (TPSA) is 74.7 Å².